The maximum absolute atomic E-state index is 13.0. The molecular formula is C19H21NO5S. The van der Waals surface area contributed by atoms with E-state index in [0.29, 0.717) is 29.3 Å². The summed E-state index contributed by atoms with van der Waals surface area (Å²) in [6, 6.07) is 7.02. The molecule has 6 nitrogen and oxygen atoms in total. The van der Waals surface area contributed by atoms with Gasteiger partial charge in [0.2, 0.25) is 0 Å². The summed E-state index contributed by atoms with van der Waals surface area (Å²) < 4.78 is 15.6. The van der Waals surface area contributed by atoms with Crippen molar-refractivity contribution in [3.63, 3.8) is 0 Å². The molecule has 0 saturated carbocycles. The van der Waals surface area contributed by atoms with Crippen LogP contribution >= 0.6 is 11.3 Å². The molecule has 1 aromatic heterocycles. The Morgan fingerprint density at radius 3 is 2.54 bits per heavy atom. The molecule has 1 aliphatic heterocycles. The molecule has 0 N–H and O–H groups in total. The summed E-state index contributed by atoms with van der Waals surface area (Å²) in [4.78, 5) is 27.4. The minimum Gasteiger partial charge on any atom is -0.493 e. The monoisotopic (exact) mass is 375 g/mol. The van der Waals surface area contributed by atoms with E-state index in [1.165, 1.54) is 18.4 Å². The van der Waals surface area contributed by atoms with Gasteiger partial charge in [-0.3, -0.25) is 9.59 Å². The molecular weight excluding hydrogens is 354 g/mol. The lowest BCUT2D eigenvalue weighted by atomic mass is 9.89. The molecule has 0 radical (unpaired) electrons. The minimum atomic E-state index is -0.402. The number of thiophene rings is 1. The smallest absolute Gasteiger partial charge is 0.307 e. The number of fused-ring (bicyclic) bond motifs is 1. The largest absolute Gasteiger partial charge is 0.493 e. The molecule has 0 bridgehead atoms. The Kier molecular flexibility index (Phi) is 5.46. The van der Waals surface area contributed by atoms with Crippen LogP contribution in [0.2, 0.25) is 0 Å². The van der Waals surface area contributed by atoms with Gasteiger partial charge in [-0.25, -0.2) is 0 Å². The predicted molar refractivity (Wildman–Crippen MR) is 98.0 cm³/mol. The third-order valence-electron chi connectivity index (χ3n) is 4.58. The van der Waals surface area contributed by atoms with Gasteiger partial charge in [0.25, 0.3) is 5.91 Å². The van der Waals surface area contributed by atoms with Crippen LogP contribution in [-0.4, -0.2) is 44.7 Å². The average Bonchev–Trinajstić information content (AvgIpc) is 3.21. The second kappa shape index (κ2) is 7.78. The number of rotatable bonds is 5. The summed E-state index contributed by atoms with van der Waals surface area (Å²) in [5, 5.41) is 1.87. The Labute approximate surface area is 156 Å². The summed E-state index contributed by atoms with van der Waals surface area (Å²) in [6.45, 7) is 0.529. The molecule has 0 fully saturated rings. The molecule has 138 valence electrons. The van der Waals surface area contributed by atoms with Crippen LogP contribution in [0.25, 0.3) is 0 Å². The Hall–Kier alpha value is -2.54. The first-order valence-corrected chi connectivity index (χ1v) is 9.13. The van der Waals surface area contributed by atoms with Crippen molar-refractivity contribution in [1.29, 1.82) is 0 Å². The van der Waals surface area contributed by atoms with Gasteiger partial charge >= 0.3 is 5.97 Å². The van der Waals surface area contributed by atoms with E-state index in [2.05, 4.69) is 0 Å². The summed E-state index contributed by atoms with van der Waals surface area (Å²) in [7, 11) is 4.51. The molecule has 3 rings (SSSR count). The number of benzene rings is 1. The fourth-order valence-corrected chi connectivity index (χ4v) is 3.95. The van der Waals surface area contributed by atoms with Crippen LogP contribution in [0.3, 0.4) is 0 Å². The normalized spacial score (nSPS) is 16.0. The third kappa shape index (κ3) is 3.39. The van der Waals surface area contributed by atoms with Crippen LogP contribution in [0.5, 0.6) is 11.5 Å². The number of ether oxygens (including phenoxy) is 3. The fraction of sp³-hybridized carbons (Fsp3) is 0.368. The minimum absolute atomic E-state index is 0.0747. The van der Waals surface area contributed by atoms with E-state index in [1.54, 1.807) is 25.2 Å². The van der Waals surface area contributed by atoms with E-state index >= 15 is 0 Å². The van der Waals surface area contributed by atoms with E-state index in [9.17, 15) is 9.59 Å². The number of hydrogen-bond donors (Lipinski definition) is 0. The lowest BCUT2D eigenvalue weighted by Gasteiger charge is -2.37. The molecule has 7 heteroatoms. The summed E-state index contributed by atoms with van der Waals surface area (Å²) in [5.74, 6) is 0.781. The van der Waals surface area contributed by atoms with Crippen molar-refractivity contribution in [1.82, 2.24) is 4.90 Å². The lowest BCUT2D eigenvalue weighted by molar-refractivity contribution is -0.141. The predicted octanol–water partition coefficient (Wildman–Crippen LogP) is 3.07. The van der Waals surface area contributed by atoms with E-state index in [4.69, 9.17) is 14.2 Å². The molecule has 26 heavy (non-hydrogen) atoms. The SMILES string of the molecule is COC(=O)CC1c2cc(OC)c(OC)cc2CCN1C(=O)c1cccs1. The van der Waals surface area contributed by atoms with Crippen molar-refractivity contribution < 1.29 is 23.8 Å². The number of hydrogen-bond acceptors (Lipinski definition) is 6. The molecule has 1 aromatic carbocycles. The molecule has 0 aliphatic carbocycles. The zero-order chi connectivity index (χ0) is 18.7. The number of amides is 1. The Balaban J connectivity index is 2.03. The highest BCUT2D eigenvalue weighted by molar-refractivity contribution is 7.12. The fourth-order valence-electron chi connectivity index (χ4n) is 3.27. The zero-order valence-electron chi connectivity index (χ0n) is 15.0. The van der Waals surface area contributed by atoms with Crippen LogP contribution in [0.1, 0.15) is 33.3 Å². The first-order valence-electron chi connectivity index (χ1n) is 8.25. The number of methoxy groups -OCH3 is 3. The van der Waals surface area contributed by atoms with Gasteiger partial charge in [0.1, 0.15) is 0 Å². The van der Waals surface area contributed by atoms with E-state index in [-0.39, 0.29) is 18.3 Å². The standard InChI is InChI=1S/C19H21NO5S/c1-23-15-9-12-6-7-20(19(22)17-5-4-8-26-17)14(11-18(21)25-3)13(12)10-16(15)24-2/h4-5,8-10,14H,6-7,11H2,1-3H3. The van der Waals surface area contributed by atoms with Crippen LogP contribution in [-0.2, 0) is 16.0 Å². The number of carbonyl (C=O) groups is 2. The van der Waals surface area contributed by atoms with Crippen molar-refractivity contribution in [2.24, 2.45) is 0 Å². The van der Waals surface area contributed by atoms with Crippen molar-refractivity contribution in [2.45, 2.75) is 18.9 Å². The van der Waals surface area contributed by atoms with Gasteiger partial charge in [-0.15, -0.1) is 11.3 Å². The van der Waals surface area contributed by atoms with Gasteiger partial charge in [-0.2, -0.15) is 0 Å². The quantitative estimate of drug-likeness (QED) is 0.752. The molecule has 1 aliphatic rings. The Bertz CT molecular complexity index is 803. The molecule has 2 heterocycles. The van der Waals surface area contributed by atoms with E-state index in [1.807, 2.05) is 23.6 Å². The maximum atomic E-state index is 13.0. The number of nitrogens with zero attached hydrogens (tertiary/aromatic N) is 1. The van der Waals surface area contributed by atoms with Gasteiger partial charge in [0.05, 0.1) is 38.7 Å². The van der Waals surface area contributed by atoms with Gasteiger partial charge < -0.3 is 19.1 Å². The molecule has 0 spiro atoms. The van der Waals surface area contributed by atoms with Crippen molar-refractivity contribution >= 4 is 23.2 Å². The Morgan fingerprint density at radius 2 is 1.92 bits per heavy atom. The van der Waals surface area contributed by atoms with Crippen molar-refractivity contribution in [2.75, 3.05) is 27.9 Å². The van der Waals surface area contributed by atoms with Gasteiger partial charge in [-0.05, 0) is 41.1 Å². The molecule has 1 amide bonds. The zero-order valence-corrected chi connectivity index (χ0v) is 15.8. The molecule has 1 unspecified atom stereocenters. The average molecular weight is 375 g/mol. The van der Waals surface area contributed by atoms with Gasteiger partial charge in [0.15, 0.2) is 11.5 Å². The van der Waals surface area contributed by atoms with Crippen molar-refractivity contribution in [3.05, 3.63) is 45.6 Å². The van der Waals surface area contributed by atoms with Crippen LogP contribution in [0.15, 0.2) is 29.6 Å². The van der Waals surface area contributed by atoms with Gasteiger partial charge in [0, 0.05) is 6.54 Å². The number of carbonyl (C=O) groups excluding carboxylic acids is 2. The highest BCUT2D eigenvalue weighted by Crippen LogP contribution is 2.40. The maximum Gasteiger partial charge on any atom is 0.307 e. The lowest BCUT2D eigenvalue weighted by Crippen LogP contribution is -2.40. The first kappa shape index (κ1) is 18.3. The van der Waals surface area contributed by atoms with Crippen LogP contribution < -0.4 is 9.47 Å². The highest BCUT2D eigenvalue weighted by atomic mass is 32.1. The van der Waals surface area contributed by atoms with Crippen LogP contribution in [0.4, 0.5) is 0 Å². The topological polar surface area (TPSA) is 65.1 Å². The van der Waals surface area contributed by atoms with Crippen molar-refractivity contribution in [3.8, 4) is 11.5 Å². The van der Waals surface area contributed by atoms with Crippen LogP contribution in [0, 0.1) is 0 Å². The van der Waals surface area contributed by atoms with E-state index < -0.39 is 6.04 Å². The summed E-state index contributed by atoms with van der Waals surface area (Å²) >= 11 is 1.39. The van der Waals surface area contributed by atoms with E-state index in [0.717, 1.165) is 11.1 Å². The highest BCUT2D eigenvalue weighted by Gasteiger charge is 2.34. The van der Waals surface area contributed by atoms with Gasteiger partial charge in [-0.1, -0.05) is 6.07 Å². The summed E-state index contributed by atoms with van der Waals surface area (Å²) in [6.07, 6.45) is 0.778. The first-order chi connectivity index (χ1) is 12.6. The summed E-state index contributed by atoms with van der Waals surface area (Å²) in [5.41, 5.74) is 1.94. The number of esters is 1. The third-order valence-corrected chi connectivity index (χ3v) is 5.44. The second-order valence-corrected chi connectivity index (χ2v) is 6.88. The molecule has 2 aromatic rings. The molecule has 1 atom stereocenters. The molecule has 0 saturated heterocycles. The Morgan fingerprint density at radius 1 is 1.19 bits per heavy atom. The second-order valence-electron chi connectivity index (χ2n) is 5.93.